The van der Waals surface area contributed by atoms with Gasteiger partial charge < -0.3 is 15.5 Å². The highest BCUT2D eigenvalue weighted by atomic mass is 16.3. The number of nitrogens with one attached hydrogen (secondary N) is 1. The average molecular weight is 985 g/mol. The summed E-state index contributed by atoms with van der Waals surface area (Å²) in [6, 6.07) is -0.537. The molecule has 2 unspecified atom stereocenters. The number of aliphatic hydroxyl groups excluding tert-OH is 2. The number of unbranched alkanes of at least 4 members (excludes halogenated alkanes) is 50. The lowest BCUT2D eigenvalue weighted by Gasteiger charge is -2.22. The van der Waals surface area contributed by atoms with Crippen molar-refractivity contribution in [1.82, 2.24) is 5.32 Å². The molecular formula is C66H129NO3. The molecule has 0 fully saturated rings. The first kappa shape index (κ1) is 68.9. The molecule has 0 aliphatic rings. The molecule has 0 radical (unpaired) electrons. The lowest BCUT2D eigenvalue weighted by atomic mass is 10.0. The van der Waals surface area contributed by atoms with Gasteiger partial charge >= 0.3 is 0 Å². The predicted molar refractivity (Wildman–Crippen MR) is 313 cm³/mol. The summed E-state index contributed by atoms with van der Waals surface area (Å²) in [5, 5.41) is 23.4. The maximum absolute atomic E-state index is 12.5. The molecule has 0 saturated heterocycles. The van der Waals surface area contributed by atoms with Gasteiger partial charge in [0.1, 0.15) is 0 Å². The second-order valence-electron chi connectivity index (χ2n) is 22.5. The number of hydrogen-bond acceptors (Lipinski definition) is 3. The van der Waals surface area contributed by atoms with Crippen LogP contribution in [0.4, 0.5) is 0 Å². The number of carbonyl (C=O) groups is 1. The van der Waals surface area contributed by atoms with Crippen LogP contribution in [0.3, 0.4) is 0 Å². The van der Waals surface area contributed by atoms with E-state index in [-0.39, 0.29) is 12.5 Å². The van der Waals surface area contributed by atoms with Crippen LogP contribution in [0.5, 0.6) is 0 Å². The maximum Gasteiger partial charge on any atom is 0.220 e. The second kappa shape index (κ2) is 62.2. The topological polar surface area (TPSA) is 69.6 Å². The number of carbonyl (C=O) groups excluding carboxylic acids is 1. The molecule has 70 heavy (non-hydrogen) atoms. The fourth-order valence-electron chi connectivity index (χ4n) is 10.5. The monoisotopic (exact) mass is 984 g/mol. The Kier molecular flexibility index (Phi) is 61.2. The van der Waals surface area contributed by atoms with Crippen LogP contribution >= 0.6 is 0 Å². The fourth-order valence-corrected chi connectivity index (χ4v) is 10.5. The van der Waals surface area contributed by atoms with Crippen LogP contribution in [0.25, 0.3) is 0 Å². The highest BCUT2D eigenvalue weighted by Gasteiger charge is 2.20. The summed E-state index contributed by atoms with van der Waals surface area (Å²) < 4.78 is 0. The van der Waals surface area contributed by atoms with Crippen LogP contribution in [-0.2, 0) is 4.79 Å². The summed E-state index contributed by atoms with van der Waals surface area (Å²) in [5.41, 5.74) is 0. The van der Waals surface area contributed by atoms with E-state index in [2.05, 4.69) is 43.5 Å². The van der Waals surface area contributed by atoms with Crippen LogP contribution in [0, 0.1) is 0 Å². The molecule has 0 aromatic carbocycles. The molecule has 0 aliphatic carbocycles. The molecule has 2 atom stereocenters. The zero-order valence-corrected chi connectivity index (χ0v) is 48.1. The number of aliphatic hydroxyl groups is 2. The first-order valence-corrected chi connectivity index (χ1v) is 32.5. The van der Waals surface area contributed by atoms with Crippen molar-refractivity contribution in [2.45, 2.75) is 386 Å². The van der Waals surface area contributed by atoms with Crippen molar-refractivity contribution in [2.24, 2.45) is 0 Å². The molecule has 0 heterocycles. The molecule has 4 nitrogen and oxygen atoms in total. The van der Waals surface area contributed by atoms with Gasteiger partial charge in [0.15, 0.2) is 0 Å². The fraction of sp³-hybridized carbons (Fsp3) is 0.924. The van der Waals surface area contributed by atoms with E-state index in [9.17, 15) is 15.0 Å². The Hall–Kier alpha value is -1.13. The Morgan fingerprint density at radius 1 is 0.343 bits per heavy atom. The minimum absolute atomic E-state index is 0.0257. The van der Waals surface area contributed by atoms with Gasteiger partial charge in [0.05, 0.1) is 18.8 Å². The zero-order valence-electron chi connectivity index (χ0n) is 48.1. The Labute approximate surface area is 440 Å². The van der Waals surface area contributed by atoms with Gasteiger partial charge in [-0.05, 0) is 44.9 Å². The summed E-state index contributed by atoms with van der Waals surface area (Å²) in [4.78, 5) is 12.5. The van der Waals surface area contributed by atoms with Gasteiger partial charge in [-0.1, -0.05) is 346 Å². The Morgan fingerprint density at radius 3 is 0.857 bits per heavy atom. The van der Waals surface area contributed by atoms with Crippen molar-refractivity contribution >= 4 is 5.91 Å². The molecule has 0 saturated carbocycles. The molecule has 0 aromatic heterocycles. The third-order valence-corrected chi connectivity index (χ3v) is 15.5. The Bertz CT molecular complexity index is 1020. The minimum Gasteiger partial charge on any atom is -0.394 e. The van der Waals surface area contributed by atoms with Gasteiger partial charge in [-0.3, -0.25) is 4.79 Å². The van der Waals surface area contributed by atoms with Crippen molar-refractivity contribution in [3.63, 3.8) is 0 Å². The van der Waals surface area contributed by atoms with Gasteiger partial charge in [0, 0.05) is 6.42 Å². The van der Waals surface area contributed by atoms with Crippen LogP contribution in [0.15, 0.2) is 24.3 Å². The molecule has 0 aliphatic heterocycles. The average Bonchev–Trinajstić information content (AvgIpc) is 3.36. The Morgan fingerprint density at radius 2 is 0.586 bits per heavy atom. The SMILES string of the molecule is CCCCCCC/C=C\C/C=C\CCCCCCCCCCCCCCCC(=O)NC(CO)C(O)CCCCCCCCCCCCCCCCCCCCCCCCCCCCCCCCCCC. The summed E-state index contributed by atoms with van der Waals surface area (Å²) in [6.45, 7) is 4.39. The van der Waals surface area contributed by atoms with Crippen LogP contribution in [0.1, 0.15) is 373 Å². The van der Waals surface area contributed by atoms with Crippen molar-refractivity contribution in [3.8, 4) is 0 Å². The minimum atomic E-state index is -0.660. The quantitative estimate of drug-likeness (QED) is 0.0420. The third-order valence-electron chi connectivity index (χ3n) is 15.5. The van der Waals surface area contributed by atoms with E-state index in [0.717, 1.165) is 32.1 Å². The van der Waals surface area contributed by atoms with E-state index >= 15 is 0 Å². The Balaban J connectivity index is 3.39. The van der Waals surface area contributed by atoms with E-state index < -0.39 is 12.1 Å². The van der Waals surface area contributed by atoms with Crippen LogP contribution in [0.2, 0.25) is 0 Å². The molecule has 0 spiro atoms. The number of allylic oxidation sites excluding steroid dienone is 4. The van der Waals surface area contributed by atoms with E-state index in [4.69, 9.17) is 0 Å². The normalized spacial score (nSPS) is 12.8. The van der Waals surface area contributed by atoms with Crippen LogP contribution < -0.4 is 5.32 Å². The van der Waals surface area contributed by atoms with Crippen molar-refractivity contribution in [1.29, 1.82) is 0 Å². The van der Waals surface area contributed by atoms with Crippen molar-refractivity contribution in [2.75, 3.05) is 6.61 Å². The number of amides is 1. The lowest BCUT2D eigenvalue weighted by molar-refractivity contribution is -0.123. The summed E-state index contributed by atoms with van der Waals surface area (Å²) in [5.74, 6) is -0.0257. The first-order valence-electron chi connectivity index (χ1n) is 32.5. The summed E-state index contributed by atoms with van der Waals surface area (Å²) in [7, 11) is 0. The molecule has 4 heteroatoms. The molecular weight excluding hydrogens is 855 g/mol. The van der Waals surface area contributed by atoms with Crippen LogP contribution in [-0.4, -0.2) is 34.9 Å². The van der Waals surface area contributed by atoms with Gasteiger partial charge in [0.25, 0.3) is 0 Å². The molecule has 0 rings (SSSR count). The highest BCUT2D eigenvalue weighted by molar-refractivity contribution is 5.76. The molecule has 3 N–H and O–H groups in total. The largest absolute Gasteiger partial charge is 0.394 e. The number of hydrogen-bond donors (Lipinski definition) is 3. The van der Waals surface area contributed by atoms with E-state index in [1.165, 1.54) is 315 Å². The van der Waals surface area contributed by atoms with Gasteiger partial charge in [-0.2, -0.15) is 0 Å². The highest BCUT2D eigenvalue weighted by Crippen LogP contribution is 2.19. The lowest BCUT2D eigenvalue weighted by Crippen LogP contribution is -2.45. The molecule has 0 bridgehead atoms. The van der Waals surface area contributed by atoms with Gasteiger partial charge in [0.2, 0.25) is 5.91 Å². The smallest absolute Gasteiger partial charge is 0.220 e. The maximum atomic E-state index is 12.5. The standard InChI is InChI=1S/C66H129NO3/c1-3-5-7-9-11-13-15-17-19-21-23-25-27-29-30-31-32-33-34-35-36-38-39-41-43-45-47-49-51-53-55-57-59-61-65(69)64(63-68)67-66(70)62-60-58-56-54-52-50-48-46-44-42-40-37-28-26-24-22-20-18-16-14-12-10-8-6-4-2/h16,18,22,24,64-65,68-69H,3-15,17,19-21,23,25-63H2,1-2H3,(H,67,70)/b18-16-,24-22-. The van der Waals surface area contributed by atoms with E-state index in [1.807, 2.05) is 0 Å². The second-order valence-corrected chi connectivity index (χ2v) is 22.5. The molecule has 1 amide bonds. The van der Waals surface area contributed by atoms with Gasteiger partial charge in [-0.25, -0.2) is 0 Å². The zero-order chi connectivity index (χ0) is 50.6. The third kappa shape index (κ3) is 57.8. The predicted octanol–water partition coefficient (Wildman–Crippen LogP) is 21.8. The van der Waals surface area contributed by atoms with E-state index in [1.54, 1.807) is 0 Å². The van der Waals surface area contributed by atoms with E-state index in [0.29, 0.717) is 12.8 Å². The molecule has 0 aromatic rings. The first-order chi connectivity index (χ1) is 34.7. The van der Waals surface area contributed by atoms with Gasteiger partial charge in [-0.15, -0.1) is 0 Å². The number of rotatable bonds is 61. The summed E-state index contributed by atoms with van der Waals surface area (Å²) >= 11 is 0. The van der Waals surface area contributed by atoms with Crippen molar-refractivity contribution < 1.29 is 15.0 Å². The molecule has 416 valence electrons. The summed E-state index contributed by atoms with van der Waals surface area (Å²) in [6.07, 6.45) is 83.5. The van der Waals surface area contributed by atoms with Crippen molar-refractivity contribution in [3.05, 3.63) is 24.3 Å².